The van der Waals surface area contributed by atoms with Crippen LogP contribution in [0.2, 0.25) is 0 Å². The summed E-state index contributed by atoms with van der Waals surface area (Å²) in [5.41, 5.74) is -0.776. The average Bonchev–Trinajstić information content (AvgIpc) is 2.69. The van der Waals surface area contributed by atoms with E-state index in [0.29, 0.717) is 19.4 Å². The van der Waals surface area contributed by atoms with E-state index in [-0.39, 0.29) is 12.5 Å². The monoisotopic (exact) mass is 266 g/mol. The number of carbonyl (C=O) groups excluding carboxylic acids is 1. The molecular weight excluding hydrogens is 240 g/mol. The van der Waals surface area contributed by atoms with Crippen molar-refractivity contribution in [2.45, 2.75) is 57.8 Å². The third kappa shape index (κ3) is 4.50. The normalized spacial score (nSPS) is 18.4. The maximum absolute atomic E-state index is 12.5. The average molecular weight is 266 g/mol. The number of aliphatic hydroxyl groups is 1. The maximum atomic E-state index is 12.5. The molecule has 0 spiro atoms. The van der Waals surface area contributed by atoms with Crippen molar-refractivity contribution in [3.8, 4) is 6.07 Å². The highest BCUT2D eigenvalue weighted by Gasteiger charge is 2.40. The summed E-state index contributed by atoms with van der Waals surface area (Å²) in [6, 6.07) is 2.31. The minimum Gasteiger partial charge on any atom is -0.396 e. The maximum Gasteiger partial charge on any atom is 0.242 e. The predicted molar refractivity (Wildman–Crippen MR) is 74.3 cm³/mol. The summed E-state index contributed by atoms with van der Waals surface area (Å²) in [5, 5.41) is 18.2. The molecule has 1 aliphatic rings. The van der Waals surface area contributed by atoms with Gasteiger partial charge in [-0.3, -0.25) is 4.79 Å². The molecule has 0 radical (unpaired) electrons. The van der Waals surface area contributed by atoms with Crippen LogP contribution in [0.4, 0.5) is 0 Å². The van der Waals surface area contributed by atoms with Crippen LogP contribution in [0.15, 0.2) is 0 Å². The van der Waals surface area contributed by atoms with Gasteiger partial charge in [0.2, 0.25) is 5.91 Å². The van der Waals surface area contributed by atoms with Gasteiger partial charge in [-0.1, -0.05) is 25.7 Å². The second kappa shape index (κ2) is 8.16. The molecule has 0 aliphatic heterocycles. The van der Waals surface area contributed by atoms with Gasteiger partial charge in [-0.15, -0.1) is 0 Å². The van der Waals surface area contributed by atoms with Crippen LogP contribution >= 0.6 is 0 Å². The van der Waals surface area contributed by atoms with E-state index in [0.717, 1.165) is 44.9 Å². The predicted octanol–water partition coefficient (Wildman–Crippen LogP) is 2.47. The highest BCUT2D eigenvalue weighted by atomic mass is 16.2. The highest BCUT2D eigenvalue weighted by Crippen LogP contribution is 2.36. The van der Waals surface area contributed by atoms with E-state index in [9.17, 15) is 10.1 Å². The van der Waals surface area contributed by atoms with E-state index in [1.807, 2.05) is 0 Å². The summed E-state index contributed by atoms with van der Waals surface area (Å²) in [7, 11) is 1.80. The Morgan fingerprint density at radius 2 is 1.84 bits per heavy atom. The van der Waals surface area contributed by atoms with E-state index >= 15 is 0 Å². The molecule has 1 rings (SSSR count). The Morgan fingerprint density at radius 3 is 2.37 bits per heavy atom. The number of nitrogens with zero attached hydrogens (tertiary/aromatic N) is 2. The SMILES string of the molecule is CN(CCCCCO)C(=O)C1(C#N)CCCCCC1. The number of carbonyl (C=O) groups is 1. The minimum absolute atomic E-state index is 0.000832. The molecule has 1 fully saturated rings. The summed E-state index contributed by atoms with van der Waals surface area (Å²) in [4.78, 5) is 14.2. The van der Waals surface area contributed by atoms with Crippen molar-refractivity contribution in [3.05, 3.63) is 0 Å². The standard InChI is InChI=1S/C15H26N2O2/c1-17(11-7-4-8-12-18)14(19)15(13-16)9-5-2-3-6-10-15/h18H,2-12H2,1H3. The number of hydrogen-bond acceptors (Lipinski definition) is 3. The first-order chi connectivity index (χ1) is 9.16. The molecule has 0 unspecified atom stereocenters. The van der Waals surface area contributed by atoms with Crippen LogP contribution in [0.25, 0.3) is 0 Å². The molecule has 0 bridgehead atoms. The van der Waals surface area contributed by atoms with Gasteiger partial charge < -0.3 is 10.0 Å². The second-order valence-electron chi connectivity index (χ2n) is 5.62. The number of unbranched alkanes of at least 4 members (excludes halogenated alkanes) is 2. The molecule has 0 atom stereocenters. The fourth-order valence-electron chi connectivity index (χ4n) is 2.81. The first-order valence-corrected chi connectivity index (χ1v) is 7.44. The van der Waals surface area contributed by atoms with Gasteiger partial charge in [0.25, 0.3) is 0 Å². The number of nitriles is 1. The Bertz CT molecular complexity index is 315. The first kappa shape index (κ1) is 16.0. The summed E-state index contributed by atoms with van der Waals surface area (Å²) in [6.07, 6.45) is 8.26. The molecule has 1 aliphatic carbocycles. The van der Waals surface area contributed by atoms with Crippen molar-refractivity contribution in [2.24, 2.45) is 5.41 Å². The molecule has 1 N–H and O–H groups in total. The molecule has 0 aromatic carbocycles. The molecule has 4 nitrogen and oxygen atoms in total. The van der Waals surface area contributed by atoms with Crippen LogP contribution < -0.4 is 0 Å². The lowest BCUT2D eigenvalue weighted by atomic mass is 9.80. The van der Waals surface area contributed by atoms with E-state index in [1.54, 1.807) is 11.9 Å². The van der Waals surface area contributed by atoms with Gasteiger partial charge in [-0.2, -0.15) is 5.26 Å². The van der Waals surface area contributed by atoms with Crippen LogP contribution in [-0.2, 0) is 4.79 Å². The Morgan fingerprint density at radius 1 is 1.21 bits per heavy atom. The lowest BCUT2D eigenvalue weighted by Gasteiger charge is -2.29. The van der Waals surface area contributed by atoms with Crippen LogP contribution in [-0.4, -0.2) is 36.1 Å². The summed E-state index contributed by atoms with van der Waals surface area (Å²) >= 11 is 0. The third-order valence-electron chi connectivity index (χ3n) is 4.08. The molecule has 0 saturated heterocycles. The molecule has 19 heavy (non-hydrogen) atoms. The fourth-order valence-corrected chi connectivity index (χ4v) is 2.81. The Labute approximate surface area is 116 Å². The van der Waals surface area contributed by atoms with Gasteiger partial charge in [0, 0.05) is 20.2 Å². The van der Waals surface area contributed by atoms with Crippen molar-refractivity contribution in [3.63, 3.8) is 0 Å². The van der Waals surface area contributed by atoms with Gasteiger partial charge in [0.05, 0.1) is 6.07 Å². The molecule has 0 aromatic heterocycles. The van der Waals surface area contributed by atoms with Crippen molar-refractivity contribution >= 4 is 5.91 Å². The molecule has 0 heterocycles. The van der Waals surface area contributed by atoms with E-state index < -0.39 is 5.41 Å². The zero-order valence-electron chi connectivity index (χ0n) is 12.0. The molecule has 1 saturated carbocycles. The van der Waals surface area contributed by atoms with E-state index in [4.69, 9.17) is 5.11 Å². The number of aliphatic hydroxyl groups excluding tert-OH is 1. The Kier molecular flexibility index (Phi) is 6.86. The van der Waals surface area contributed by atoms with Crippen molar-refractivity contribution in [2.75, 3.05) is 20.2 Å². The van der Waals surface area contributed by atoms with Gasteiger partial charge in [0.1, 0.15) is 5.41 Å². The summed E-state index contributed by atoms with van der Waals surface area (Å²) in [5.74, 6) is 0.000832. The van der Waals surface area contributed by atoms with Crippen LogP contribution in [0.5, 0.6) is 0 Å². The second-order valence-corrected chi connectivity index (χ2v) is 5.62. The summed E-state index contributed by atoms with van der Waals surface area (Å²) in [6.45, 7) is 0.891. The fraction of sp³-hybridized carbons (Fsp3) is 0.867. The van der Waals surface area contributed by atoms with E-state index in [1.165, 1.54) is 0 Å². The smallest absolute Gasteiger partial charge is 0.242 e. The number of amides is 1. The van der Waals surface area contributed by atoms with Crippen LogP contribution in [0.1, 0.15) is 57.8 Å². The van der Waals surface area contributed by atoms with Crippen molar-refractivity contribution in [1.29, 1.82) is 5.26 Å². The van der Waals surface area contributed by atoms with Crippen molar-refractivity contribution in [1.82, 2.24) is 4.90 Å². The minimum atomic E-state index is -0.776. The van der Waals surface area contributed by atoms with Gasteiger partial charge in [0.15, 0.2) is 0 Å². The van der Waals surface area contributed by atoms with Gasteiger partial charge >= 0.3 is 0 Å². The third-order valence-corrected chi connectivity index (χ3v) is 4.08. The van der Waals surface area contributed by atoms with Crippen molar-refractivity contribution < 1.29 is 9.90 Å². The zero-order chi connectivity index (χ0) is 14.1. The number of hydrogen-bond donors (Lipinski definition) is 1. The van der Waals surface area contributed by atoms with Crippen LogP contribution in [0, 0.1) is 16.7 Å². The summed E-state index contributed by atoms with van der Waals surface area (Å²) < 4.78 is 0. The highest BCUT2D eigenvalue weighted by molar-refractivity contribution is 5.85. The van der Waals surface area contributed by atoms with Crippen LogP contribution in [0.3, 0.4) is 0 Å². The Balaban J connectivity index is 2.54. The van der Waals surface area contributed by atoms with E-state index in [2.05, 4.69) is 6.07 Å². The molecular formula is C15H26N2O2. The van der Waals surface area contributed by atoms with Gasteiger partial charge in [-0.05, 0) is 32.1 Å². The first-order valence-electron chi connectivity index (χ1n) is 7.44. The molecule has 1 amide bonds. The quantitative estimate of drug-likeness (QED) is 0.593. The topological polar surface area (TPSA) is 64.3 Å². The number of rotatable bonds is 6. The largest absolute Gasteiger partial charge is 0.396 e. The lowest BCUT2D eigenvalue weighted by Crippen LogP contribution is -2.41. The lowest BCUT2D eigenvalue weighted by molar-refractivity contribution is -0.138. The van der Waals surface area contributed by atoms with Gasteiger partial charge in [-0.25, -0.2) is 0 Å². The zero-order valence-corrected chi connectivity index (χ0v) is 12.0. The Hall–Kier alpha value is -1.08. The molecule has 0 aromatic rings. The molecule has 4 heteroatoms. The molecule has 108 valence electrons.